The number of piperidine rings is 1. The van der Waals surface area contributed by atoms with E-state index in [2.05, 4.69) is 15.5 Å². The summed E-state index contributed by atoms with van der Waals surface area (Å²) in [6.07, 6.45) is 4.43. The van der Waals surface area contributed by atoms with E-state index < -0.39 is 10.0 Å². The third kappa shape index (κ3) is 3.67. The molecule has 0 unspecified atom stereocenters. The first-order chi connectivity index (χ1) is 12.4. The van der Waals surface area contributed by atoms with Crippen LogP contribution in [0.2, 0.25) is 0 Å². The van der Waals surface area contributed by atoms with Crippen LogP contribution in [0.1, 0.15) is 37.4 Å². The van der Waals surface area contributed by atoms with Gasteiger partial charge in [0.05, 0.1) is 11.9 Å². The Bertz CT molecular complexity index is 908. The highest BCUT2D eigenvalue weighted by atomic mass is 32.2. The Morgan fingerprint density at radius 3 is 2.69 bits per heavy atom. The van der Waals surface area contributed by atoms with Crippen LogP contribution in [0.4, 0.5) is 5.69 Å². The number of anilines is 1. The first-order valence-electron chi connectivity index (χ1n) is 8.59. The molecule has 8 nitrogen and oxygen atoms in total. The monoisotopic (exact) mass is 396 g/mol. The zero-order valence-electron chi connectivity index (χ0n) is 14.3. The molecule has 4 rings (SSSR count). The first-order valence-corrected chi connectivity index (χ1v) is 11.3. The van der Waals surface area contributed by atoms with Crippen molar-refractivity contribution in [3.05, 3.63) is 17.3 Å². The van der Waals surface area contributed by atoms with Crippen LogP contribution in [0.5, 0.6) is 0 Å². The molecule has 26 heavy (non-hydrogen) atoms. The highest BCUT2D eigenvalue weighted by Crippen LogP contribution is 2.40. The van der Waals surface area contributed by atoms with E-state index >= 15 is 0 Å². The molecule has 0 atom stereocenters. The molecular weight excluding hydrogens is 376 g/mol. The van der Waals surface area contributed by atoms with E-state index in [0.29, 0.717) is 43.4 Å². The summed E-state index contributed by atoms with van der Waals surface area (Å²) in [5, 5.41) is 8.84. The summed E-state index contributed by atoms with van der Waals surface area (Å²) in [6.45, 7) is 0.754. The number of amides is 1. The molecule has 1 saturated heterocycles. The molecule has 1 amide bonds. The number of sulfonamides is 1. The summed E-state index contributed by atoms with van der Waals surface area (Å²) in [6, 6.07) is 1.82. The summed E-state index contributed by atoms with van der Waals surface area (Å²) in [5.41, 5.74) is 0.663. The fraction of sp³-hybridized carbons (Fsp3) is 0.562. The largest absolute Gasteiger partial charge is 0.333 e. The Hall–Kier alpha value is -1.78. The minimum Gasteiger partial charge on any atom is -0.333 e. The number of rotatable bonds is 5. The van der Waals surface area contributed by atoms with Gasteiger partial charge in [0.15, 0.2) is 5.82 Å². The molecular formula is C16H20N4O4S2. The molecule has 0 bridgehead atoms. The van der Waals surface area contributed by atoms with Gasteiger partial charge in [-0.25, -0.2) is 12.7 Å². The number of hydrogen-bond donors (Lipinski definition) is 1. The number of aromatic nitrogens is 2. The Labute approximate surface area is 155 Å². The smallest absolute Gasteiger partial charge is 0.270 e. The lowest BCUT2D eigenvalue weighted by Gasteiger charge is -2.29. The zero-order valence-corrected chi connectivity index (χ0v) is 16.0. The molecule has 2 aliphatic rings. The first kappa shape index (κ1) is 17.6. The van der Waals surface area contributed by atoms with Crippen LogP contribution in [0.15, 0.2) is 16.0 Å². The second-order valence-electron chi connectivity index (χ2n) is 6.82. The van der Waals surface area contributed by atoms with E-state index in [9.17, 15) is 13.2 Å². The Kier molecular flexibility index (Phi) is 4.57. The van der Waals surface area contributed by atoms with Gasteiger partial charge in [-0.1, -0.05) is 5.16 Å². The normalized spacial score (nSPS) is 19.6. The highest BCUT2D eigenvalue weighted by molar-refractivity contribution is 7.88. The van der Waals surface area contributed by atoms with Gasteiger partial charge in [-0.15, -0.1) is 11.3 Å². The number of carbonyl (C=O) groups excluding carboxylic acids is 1. The maximum absolute atomic E-state index is 12.6. The van der Waals surface area contributed by atoms with Crippen LogP contribution < -0.4 is 5.32 Å². The number of nitrogens with zero attached hydrogens (tertiary/aromatic N) is 3. The van der Waals surface area contributed by atoms with E-state index in [1.807, 2.05) is 11.4 Å². The second-order valence-corrected chi connectivity index (χ2v) is 9.72. The van der Waals surface area contributed by atoms with Gasteiger partial charge < -0.3 is 9.84 Å². The Morgan fingerprint density at radius 1 is 1.31 bits per heavy atom. The van der Waals surface area contributed by atoms with Crippen molar-refractivity contribution in [1.29, 1.82) is 0 Å². The van der Waals surface area contributed by atoms with Crippen molar-refractivity contribution in [3.8, 4) is 10.8 Å². The van der Waals surface area contributed by atoms with Gasteiger partial charge in [0.1, 0.15) is 4.88 Å². The second kappa shape index (κ2) is 6.75. The topological polar surface area (TPSA) is 105 Å². The molecule has 1 aliphatic carbocycles. The van der Waals surface area contributed by atoms with Gasteiger partial charge in [-0.3, -0.25) is 4.79 Å². The van der Waals surface area contributed by atoms with E-state index in [-0.39, 0.29) is 11.8 Å². The summed E-state index contributed by atoms with van der Waals surface area (Å²) in [5.74, 6) is 1.28. The van der Waals surface area contributed by atoms with E-state index in [0.717, 1.165) is 23.5 Å². The third-order valence-corrected chi connectivity index (χ3v) is 7.00. The van der Waals surface area contributed by atoms with Crippen LogP contribution in [0.3, 0.4) is 0 Å². The van der Waals surface area contributed by atoms with Crippen molar-refractivity contribution < 1.29 is 17.7 Å². The van der Waals surface area contributed by atoms with Crippen LogP contribution in [-0.4, -0.2) is 48.1 Å². The predicted octanol–water partition coefficient (Wildman–Crippen LogP) is 2.29. The minimum absolute atomic E-state index is 0.0975. The fourth-order valence-electron chi connectivity index (χ4n) is 3.09. The van der Waals surface area contributed by atoms with Crippen molar-refractivity contribution in [2.24, 2.45) is 5.92 Å². The molecule has 0 aromatic carbocycles. The van der Waals surface area contributed by atoms with Gasteiger partial charge in [-0.05, 0) is 37.1 Å². The van der Waals surface area contributed by atoms with E-state index in [1.165, 1.54) is 21.9 Å². The standard InChI is InChI=1S/C16H20N4O4S2/c1-26(22,23)20-7-4-11(5-8-20)15(21)17-12-6-9-25-13(12)16-18-14(19-24-16)10-2-3-10/h6,9-11H,2-5,7-8H2,1H3,(H,17,21). The Balaban J connectivity index is 1.42. The lowest BCUT2D eigenvalue weighted by atomic mass is 9.97. The molecule has 140 valence electrons. The van der Waals surface area contributed by atoms with Crippen molar-refractivity contribution in [1.82, 2.24) is 14.4 Å². The van der Waals surface area contributed by atoms with Gasteiger partial charge in [0, 0.05) is 24.9 Å². The van der Waals surface area contributed by atoms with Crippen LogP contribution in [0.25, 0.3) is 10.8 Å². The van der Waals surface area contributed by atoms with Gasteiger partial charge in [-0.2, -0.15) is 4.98 Å². The van der Waals surface area contributed by atoms with Crippen molar-refractivity contribution in [3.63, 3.8) is 0 Å². The fourth-order valence-corrected chi connectivity index (χ4v) is 4.74. The highest BCUT2D eigenvalue weighted by Gasteiger charge is 2.31. The van der Waals surface area contributed by atoms with Gasteiger partial charge >= 0.3 is 0 Å². The summed E-state index contributed by atoms with van der Waals surface area (Å²) >= 11 is 1.44. The predicted molar refractivity (Wildman–Crippen MR) is 97.4 cm³/mol. The minimum atomic E-state index is -3.19. The molecule has 10 heteroatoms. The molecule has 1 saturated carbocycles. The quantitative estimate of drug-likeness (QED) is 0.831. The number of carbonyl (C=O) groups is 1. The van der Waals surface area contributed by atoms with Crippen molar-refractivity contribution in [2.45, 2.75) is 31.6 Å². The van der Waals surface area contributed by atoms with Crippen LogP contribution in [-0.2, 0) is 14.8 Å². The van der Waals surface area contributed by atoms with Crippen molar-refractivity contribution >= 4 is 33.0 Å². The molecule has 1 N–H and O–H groups in total. The third-order valence-electron chi connectivity index (χ3n) is 4.80. The van der Waals surface area contributed by atoms with Crippen LogP contribution in [0, 0.1) is 5.92 Å². The average molecular weight is 396 g/mol. The number of nitrogens with one attached hydrogen (secondary N) is 1. The molecule has 1 aliphatic heterocycles. The summed E-state index contributed by atoms with van der Waals surface area (Å²) in [7, 11) is -3.19. The van der Waals surface area contributed by atoms with E-state index in [4.69, 9.17) is 4.52 Å². The summed E-state index contributed by atoms with van der Waals surface area (Å²) in [4.78, 5) is 17.8. The maximum atomic E-state index is 12.6. The van der Waals surface area contributed by atoms with Gasteiger partial charge in [0.2, 0.25) is 15.9 Å². The lowest BCUT2D eigenvalue weighted by Crippen LogP contribution is -2.40. The van der Waals surface area contributed by atoms with E-state index in [1.54, 1.807) is 0 Å². The zero-order chi connectivity index (χ0) is 18.3. The summed E-state index contributed by atoms with van der Waals surface area (Å²) < 4.78 is 29.9. The molecule has 2 aromatic heterocycles. The Morgan fingerprint density at radius 2 is 2.04 bits per heavy atom. The molecule has 0 radical (unpaired) electrons. The molecule has 3 heterocycles. The number of hydrogen-bond acceptors (Lipinski definition) is 7. The average Bonchev–Trinajstić information content (AvgIpc) is 3.16. The van der Waals surface area contributed by atoms with Crippen molar-refractivity contribution in [2.75, 3.05) is 24.7 Å². The molecule has 2 fully saturated rings. The number of thiophene rings is 1. The SMILES string of the molecule is CS(=O)(=O)N1CCC(C(=O)Nc2ccsc2-c2nc(C3CC3)no2)CC1. The maximum Gasteiger partial charge on any atom is 0.270 e. The van der Waals surface area contributed by atoms with Gasteiger partial charge in [0.25, 0.3) is 5.89 Å². The lowest BCUT2D eigenvalue weighted by molar-refractivity contribution is -0.120. The molecule has 0 spiro atoms. The molecule has 2 aromatic rings. The van der Waals surface area contributed by atoms with Crippen LogP contribution >= 0.6 is 11.3 Å².